The number of imidazole rings is 1. The largest absolute Gasteiger partial charge is 0.490 e. The van der Waals surface area contributed by atoms with Gasteiger partial charge in [-0.1, -0.05) is 24.3 Å². The first kappa shape index (κ1) is 16.3. The molecule has 142 valence electrons. The van der Waals surface area contributed by atoms with Crippen LogP contribution in [0.3, 0.4) is 0 Å². The lowest BCUT2D eigenvalue weighted by Gasteiger charge is -2.34. The molecule has 0 radical (unpaired) electrons. The van der Waals surface area contributed by atoms with E-state index in [-0.39, 0.29) is 5.54 Å². The summed E-state index contributed by atoms with van der Waals surface area (Å²) in [5.74, 6) is 1.83. The van der Waals surface area contributed by atoms with Gasteiger partial charge in [0, 0.05) is 17.6 Å². The number of hydrogen-bond acceptors (Lipinski definition) is 5. The van der Waals surface area contributed by atoms with Gasteiger partial charge in [0.2, 0.25) is 0 Å². The summed E-state index contributed by atoms with van der Waals surface area (Å²) in [7, 11) is 0. The van der Waals surface area contributed by atoms with E-state index in [2.05, 4.69) is 54.1 Å². The van der Waals surface area contributed by atoms with Crippen LogP contribution in [0.1, 0.15) is 30.9 Å². The smallest absolute Gasteiger partial charge is 0.161 e. The van der Waals surface area contributed by atoms with E-state index in [0.717, 1.165) is 40.5 Å². The lowest BCUT2D eigenvalue weighted by atomic mass is 9.91. The molecular formula is C22H22N4O2. The quantitative estimate of drug-likeness (QED) is 0.710. The van der Waals surface area contributed by atoms with Crippen molar-refractivity contribution < 1.29 is 9.47 Å². The first-order valence-electron chi connectivity index (χ1n) is 9.72. The van der Waals surface area contributed by atoms with Crippen LogP contribution >= 0.6 is 0 Å². The Hall–Kier alpha value is -2.70. The molecule has 0 amide bonds. The second-order valence-electron chi connectivity index (χ2n) is 8.46. The molecule has 0 aliphatic carbocycles. The van der Waals surface area contributed by atoms with Crippen molar-refractivity contribution in [1.82, 2.24) is 19.9 Å². The Labute approximate surface area is 163 Å². The molecule has 0 fully saturated rings. The third kappa shape index (κ3) is 2.16. The highest BCUT2D eigenvalue weighted by Gasteiger charge is 2.47. The number of fused-ring (bicyclic) bond motifs is 6. The lowest BCUT2D eigenvalue weighted by molar-refractivity contribution is 0.0134. The van der Waals surface area contributed by atoms with Gasteiger partial charge < -0.3 is 14.8 Å². The predicted molar refractivity (Wildman–Crippen MR) is 106 cm³/mol. The summed E-state index contributed by atoms with van der Waals surface area (Å²) in [4.78, 5) is 9.90. The Bertz CT molecular complexity index is 1150. The molecule has 6 nitrogen and oxygen atoms in total. The van der Waals surface area contributed by atoms with Crippen molar-refractivity contribution in [1.29, 1.82) is 0 Å². The summed E-state index contributed by atoms with van der Waals surface area (Å²) in [5, 5.41) is 3.52. The average molecular weight is 374 g/mol. The third-order valence-electron chi connectivity index (χ3n) is 6.03. The van der Waals surface area contributed by atoms with Crippen molar-refractivity contribution in [2.75, 3.05) is 19.8 Å². The summed E-state index contributed by atoms with van der Waals surface area (Å²) in [5.41, 5.74) is 4.77. The van der Waals surface area contributed by atoms with Gasteiger partial charge >= 0.3 is 0 Å². The maximum Gasteiger partial charge on any atom is 0.161 e. The molecule has 1 N–H and O–H groups in total. The Morgan fingerprint density at radius 3 is 2.82 bits per heavy atom. The molecule has 6 rings (SSSR count). The Morgan fingerprint density at radius 2 is 1.96 bits per heavy atom. The highest BCUT2D eigenvalue weighted by atomic mass is 16.5. The fourth-order valence-corrected chi connectivity index (χ4v) is 4.69. The molecule has 0 saturated carbocycles. The van der Waals surface area contributed by atoms with E-state index in [4.69, 9.17) is 19.4 Å². The van der Waals surface area contributed by atoms with Crippen molar-refractivity contribution >= 4 is 16.7 Å². The first-order valence-corrected chi connectivity index (χ1v) is 9.72. The van der Waals surface area contributed by atoms with E-state index in [1.165, 1.54) is 5.57 Å². The van der Waals surface area contributed by atoms with Crippen molar-refractivity contribution in [2.45, 2.75) is 31.5 Å². The standard InChI is InChI=1S/C22H22N4O2/c1-21(2)9-14(10-23-21)16-7-8-17-20(25-16)26-19(24-17)11-27-12-22(26)13-28-18-6-4-3-5-15(18)22/h3-9,23H,10-13H2,1-2H3. The second-order valence-corrected chi connectivity index (χ2v) is 8.46. The van der Waals surface area contributed by atoms with Crippen molar-refractivity contribution in [3.63, 3.8) is 0 Å². The number of pyridine rings is 1. The molecule has 6 heteroatoms. The molecule has 1 aromatic carbocycles. The fourth-order valence-electron chi connectivity index (χ4n) is 4.69. The molecular weight excluding hydrogens is 352 g/mol. The minimum Gasteiger partial charge on any atom is -0.490 e. The van der Waals surface area contributed by atoms with Crippen LogP contribution in [-0.4, -0.2) is 39.8 Å². The summed E-state index contributed by atoms with van der Waals surface area (Å²) in [6.45, 7) is 6.77. The molecule has 3 aliphatic rings. The van der Waals surface area contributed by atoms with Crippen molar-refractivity contribution in [3.8, 4) is 5.75 Å². The van der Waals surface area contributed by atoms with Gasteiger partial charge in [0.1, 0.15) is 35.8 Å². The monoisotopic (exact) mass is 374 g/mol. The number of nitrogens with one attached hydrogen (secondary N) is 1. The Morgan fingerprint density at radius 1 is 1.07 bits per heavy atom. The average Bonchev–Trinajstić information content (AvgIpc) is 3.36. The Balaban J connectivity index is 1.57. The maximum absolute atomic E-state index is 6.05. The minimum atomic E-state index is -0.411. The number of para-hydroxylation sites is 1. The number of benzene rings is 1. The second kappa shape index (κ2) is 5.43. The molecule has 1 atom stereocenters. The maximum atomic E-state index is 6.05. The van der Waals surface area contributed by atoms with E-state index < -0.39 is 5.54 Å². The molecule has 3 aromatic rings. The normalized spacial score (nSPS) is 24.9. The lowest BCUT2D eigenvalue weighted by Crippen LogP contribution is -2.45. The zero-order chi connectivity index (χ0) is 18.9. The number of ether oxygens (including phenoxy) is 2. The molecule has 2 aromatic heterocycles. The van der Waals surface area contributed by atoms with Crippen LogP contribution in [0.2, 0.25) is 0 Å². The zero-order valence-corrected chi connectivity index (χ0v) is 16.0. The number of rotatable bonds is 1. The summed E-state index contributed by atoms with van der Waals surface area (Å²) < 4.78 is 14.3. The van der Waals surface area contributed by atoms with Crippen molar-refractivity contribution in [3.05, 3.63) is 59.6 Å². The first-order chi connectivity index (χ1) is 13.6. The summed E-state index contributed by atoms with van der Waals surface area (Å²) in [6.07, 6.45) is 2.27. The van der Waals surface area contributed by atoms with Crippen LogP contribution in [0.4, 0.5) is 0 Å². The van der Waals surface area contributed by atoms with Crippen LogP contribution in [0.15, 0.2) is 42.5 Å². The van der Waals surface area contributed by atoms with Gasteiger partial charge in [0.05, 0.1) is 12.3 Å². The van der Waals surface area contributed by atoms with Crippen LogP contribution < -0.4 is 10.1 Å². The predicted octanol–water partition coefficient (Wildman–Crippen LogP) is 2.86. The van der Waals surface area contributed by atoms with Crippen molar-refractivity contribution in [2.24, 2.45) is 0 Å². The highest BCUT2D eigenvalue weighted by Crippen LogP contribution is 2.44. The van der Waals surface area contributed by atoms with Gasteiger partial charge in [0.15, 0.2) is 5.65 Å². The SMILES string of the molecule is CC1(C)C=C(c2ccc3nc4n(c3n2)C2(COC4)COc3ccccc32)CN1. The molecule has 5 heterocycles. The minimum absolute atomic E-state index is 0.00386. The van der Waals surface area contributed by atoms with Gasteiger partial charge in [-0.3, -0.25) is 4.57 Å². The van der Waals surface area contributed by atoms with Crippen LogP contribution in [0.25, 0.3) is 16.7 Å². The van der Waals surface area contributed by atoms with E-state index in [1.807, 2.05) is 12.1 Å². The van der Waals surface area contributed by atoms with Gasteiger partial charge in [-0.25, -0.2) is 9.97 Å². The van der Waals surface area contributed by atoms with Crippen LogP contribution in [0, 0.1) is 0 Å². The van der Waals surface area contributed by atoms with Gasteiger partial charge in [-0.05, 0) is 37.6 Å². The number of aromatic nitrogens is 3. The van der Waals surface area contributed by atoms with E-state index in [0.29, 0.717) is 19.8 Å². The van der Waals surface area contributed by atoms with Gasteiger partial charge in [-0.15, -0.1) is 0 Å². The van der Waals surface area contributed by atoms with E-state index in [1.54, 1.807) is 0 Å². The van der Waals surface area contributed by atoms with Crippen LogP contribution in [0.5, 0.6) is 5.75 Å². The molecule has 0 saturated heterocycles. The molecule has 28 heavy (non-hydrogen) atoms. The fraction of sp³-hybridized carbons (Fsp3) is 0.364. The summed E-state index contributed by atoms with van der Waals surface area (Å²) in [6, 6.07) is 12.4. The highest BCUT2D eigenvalue weighted by molar-refractivity contribution is 5.78. The van der Waals surface area contributed by atoms with E-state index >= 15 is 0 Å². The zero-order valence-electron chi connectivity index (χ0n) is 16.0. The van der Waals surface area contributed by atoms with Gasteiger partial charge in [0.25, 0.3) is 0 Å². The third-order valence-corrected chi connectivity index (χ3v) is 6.03. The van der Waals surface area contributed by atoms with Crippen LogP contribution in [-0.2, 0) is 16.9 Å². The number of hydrogen-bond donors (Lipinski definition) is 1. The molecule has 1 unspecified atom stereocenters. The molecule has 3 aliphatic heterocycles. The topological polar surface area (TPSA) is 61.2 Å². The Kier molecular flexibility index (Phi) is 3.15. The summed E-state index contributed by atoms with van der Waals surface area (Å²) >= 11 is 0. The molecule has 1 spiro atoms. The van der Waals surface area contributed by atoms with Gasteiger partial charge in [-0.2, -0.15) is 0 Å². The number of nitrogens with zero attached hydrogens (tertiary/aromatic N) is 3. The van der Waals surface area contributed by atoms with E-state index in [9.17, 15) is 0 Å². The molecule has 0 bridgehead atoms.